The molecule has 6 fully saturated rings. The molecule has 0 radical (unpaired) electrons. The number of hydrogen-bond donors (Lipinski definition) is 4. The molecule has 0 spiro atoms. The van der Waals surface area contributed by atoms with Crippen LogP contribution in [0.15, 0.2) is 60.7 Å². The van der Waals surface area contributed by atoms with Crippen LogP contribution in [-0.2, 0) is 17.8 Å². The molecule has 0 bridgehead atoms. The van der Waals surface area contributed by atoms with Crippen LogP contribution in [0.25, 0.3) is 0 Å². The summed E-state index contributed by atoms with van der Waals surface area (Å²) in [6.45, 7) is 19.6. The number of aliphatic hydroxyl groups is 1. The maximum absolute atomic E-state index is 14.8. The monoisotopic (exact) mass is 762 g/mol. The standard InChI is InChI=1S/C49H66N2O5/c1-30(2)35-17-22-49(26-23-46(6)36(40(35)49)15-16-38-45(5)20-19-39(52)44(3,4)37(45)18-21-47(38,46)7)43(56)50-29-32-9-8-10-34(27-32)41(53)51-48(24-25-48)28-31-11-13-33(14-12-31)42(54)55/h8-14,27,35-40,52H,1,15-26,28-29H2,2-7H3,(H,50,56)(H,51,53)(H,54,55)/t35-,36?,37?,38?,39?,40?,45?,46+,47?,49?/m0/s1. The van der Waals surface area contributed by atoms with Gasteiger partial charge in [0, 0.05) is 17.6 Å². The fourth-order valence-electron chi connectivity index (χ4n) is 14.7. The van der Waals surface area contributed by atoms with E-state index >= 15 is 0 Å². The summed E-state index contributed by atoms with van der Waals surface area (Å²) in [4.78, 5) is 39.6. The molecule has 10 atom stereocenters. The maximum Gasteiger partial charge on any atom is 0.335 e. The Morgan fingerprint density at radius 1 is 0.768 bits per heavy atom. The predicted octanol–water partition coefficient (Wildman–Crippen LogP) is 9.52. The van der Waals surface area contributed by atoms with Gasteiger partial charge in [0.1, 0.15) is 0 Å². The van der Waals surface area contributed by atoms with E-state index in [-0.39, 0.29) is 56.6 Å². The van der Waals surface area contributed by atoms with Gasteiger partial charge in [-0.15, -0.1) is 0 Å². The van der Waals surface area contributed by atoms with E-state index in [9.17, 15) is 24.6 Å². The Morgan fingerprint density at radius 2 is 1.50 bits per heavy atom. The van der Waals surface area contributed by atoms with Crippen molar-refractivity contribution in [3.8, 4) is 0 Å². The number of carboxylic acids is 1. The van der Waals surface area contributed by atoms with Crippen molar-refractivity contribution in [1.29, 1.82) is 0 Å². The first-order valence-electron chi connectivity index (χ1n) is 21.7. The Bertz CT molecular complexity index is 1910. The number of aromatic carboxylic acids is 1. The normalized spacial score (nSPS) is 38.8. The number of carbonyl (C=O) groups is 3. The van der Waals surface area contributed by atoms with Crippen LogP contribution in [0.1, 0.15) is 150 Å². The molecular weight excluding hydrogens is 697 g/mol. The van der Waals surface area contributed by atoms with Crippen molar-refractivity contribution < 1.29 is 24.6 Å². The molecule has 6 aliphatic carbocycles. The van der Waals surface area contributed by atoms with Gasteiger partial charge in [-0.25, -0.2) is 4.79 Å². The molecule has 2 aromatic carbocycles. The van der Waals surface area contributed by atoms with Gasteiger partial charge in [0.05, 0.1) is 17.1 Å². The van der Waals surface area contributed by atoms with E-state index in [2.05, 4.69) is 58.8 Å². The molecule has 8 unspecified atom stereocenters. The van der Waals surface area contributed by atoms with Gasteiger partial charge in [-0.1, -0.05) is 71.0 Å². The molecule has 0 aliphatic heterocycles. The summed E-state index contributed by atoms with van der Waals surface area (Å²) in [5.74, 6) is 1.35. The molecule has 0 heterocycles. The van der Waals surface area contributed by atoms with Crippen LogP contribution >= 0.6 is 0 Å². The second-order valence-electron chi connectivity index (χ2n) is 21.0. The van der Waals surface area contributed by atoms with Crippen molar-refractivity contribution in [1.82, 2.24) is 10.6 Å². The molecule has 2 aromatic rings. The van der Waals surface area contributed by atoms with Crippen LogP contribution in [0.4, 0.5) is 0 Å². The molecule has 7 heteroatoms. The largest absolute Gasteiger partial charge is 0.478 e. The first kappa shape index (κ1) is 39.4. The molecule has 0 aromatic heterocycles. The number of amides is 2. The van der Waals surface area contributed by atoms with Gasteiger partial charge in [-0.3, -0.25) is 9.59 Å². The minimum Gasteiger partial charge on any atom is -0.478 e. The quantitative estimate of drug-likeness (QED) is 0.190. The number of nitrogens with one attached hydrogen (secondary N) is 2. The van der Waals surface area contributed by atoms with E-state index in [0.29, 0.717) is 42.2 Å². The van der Waals surface area contributed by atoms with Gasteiger partial charge in [0.2, 0.25) is 5.91 Å². The van der Waals surface area contributed by atoms with Crippen molar-refractivity contribution in [2.75, 3.05) is 0 Å². The molecule has 0 saturated heterocycles. The second kappa shape index (κ2) is 13.6. The van der Waals surface area contributed by atoms with Gasteiger partial charge < -0.3 is 20.8 Å². The summed E-state index contributed by atoms with van der Waals surface area (Å²) >= 11 is 0. The lowest BCUT2D eigenvalue weighted by atomic mass is 9.32. The Morgan fingerprint density at radius 3 is 2.18 bits per heavy atom. The van der Waals surface area contributed by atoms with E-state index < -0.39 is 11.4 Å². The van der Waals surface area contributed by atoms with E-state index in [1.807, 2.05) is 36.4 Å². The van der Waals surface area contributed by atoms with Gasteiger partial charge in [-0.05, 0) is 177 Å². The third-order valence-electron chi connectivity index (χ3n) is 18.1. The molecule has 6 aliphatic rings. The topological polar surface area (TPSA) is 116 Å². The first-order chi connectivity index (χ1) is 26.4. The number of fused-ring (bicyclic) bond motifs is 7. The maximum atomic E-state index is 14.8. The van der Waals surface area contributed by atoms with Crippen molar-refractivity contribution in [2.24, 2.45) is 56.7 Å². The molecule has 2 amide bonds. The molecule has 56 heavy (non-hydrogen) atoms. The zero-order valence-corrected chi connectivity index (χ0v) is 34.8. The number of carboxylic acid groups (broad SMARTS) is 1. The van der Waals surface area contributed by atoms with Crippen LogP contribution in [0.2, 0.25) is 0 Å². The third kappa shape index (κ3) is 6.02. The lowest BCUT2D eigenvalue weighted by molar-refractivity contribution is -0.246. The van der Waals surface area contributed by atoms with Crippen LogP contribution in [0, 0.1) is 56.7 Å². The first-order valence-corrected chi connectivity index (χ1v) is 21.7. The van der Waals surface area contributed by atoms with E-state index in [0.717, 1.165) is 68.9 Å². The highest BCUT2D eigenvalue weighted by molar-refractivity contribution is 5.95. The number of benzene rings is 2. The molecule has 4 N–H and O–H groups in total. The fraction of sp³-hybridized carbons (Fsp3) is 0.653. The van der Waals surface area contributed by atoms with E-state index in [4.69, 9.17) is 0 Å². The van der Waals surface area contributed by atoms with Crippen LogP contribution in [0.5, 0.6) is 0 Å². The average molecular weight is 763 g/mol. The predicted molar refractivity (Wildman–Crippen MR) is 220 cm³/mol. The smallest absolute Gasteiger partial charge is 0.335 e. The van der Waals surface area contributed by atoms with Gasteiger partial charge in [0.15, 0.2) is 0 Å². The Kier molecular flexibility index (Phi) is 9.54. The third-order valence-corrected chi connectivity index (χ3v) is 18.1. The summed E-state index contributed by atoms with van der Waals surface area (Å²) in [6, 6.07) is 14.6. The highest BCUT2D eigenvalue weighted by Crippen LogP contribution is 2.77. The second-order valence-corrected chi connectivity index (χ2v) is 21.0. The minimum absolute atomic E-state index is 0.0651. The number of rotatable bonds is 9. The van der Waals surface area contributed by atoms with E-state index in [1.54, 1.807) is 12.1 Å². The van der Waals surface area contributed by atoms with Gasteiger partial charge in [0.25, 0.3) is 5.91 Å². The molecule has 302 valence electrons. The van der Waals surface area contributed by atoms with Crippen LogP contribution in [-0.4, -0.2) is 39.6 Å². The summed E-state index contributed by atoms with van der Waals surface area (Å²) in [7, 11) is 0. The summed E-state index contributed by atoms with van der Waals surface area (Å²) in [6.07, 6.45) is 12.9. The minimum atomic E-state index is -0.947. The fourth-order valence-corrected chi connectivity index (χ4v) is 14.7. The highest BCUT2D eigenvalue weighted by atomic mass is 16.4. The molecule has 7 nitrogen and oxygen atoms in total. The number of allylic oxidation sites excluding steroid dienone is 1. The van der Waals surface area contributed by atoms with Crippen LogP contribution in [0.3, 0.4) is 0 Å². The zero-order valence-electron chi connectivity index (χ0n) is 34.8. The van der Waals surface area contributed by atoms with Crippen molar-refractivity contribution in [3.63, 3.8) is 0 Å². The van der Waals surface area contributed by atoms with Crippen molar-refractivity contribution >= 4 is 17.8 Å². The zero-order chi connectivity index (χ0) is 40.1. The van der Waals surface area contributed by atoms with E-state index in [1.165, 1.54) is 24.8 Å². The summed E-state index contributed by atoms with van der Waals surface area (Å²) < 4.78 is 0. The lowest BCUT2D eigenvalue weighted by Gasteiger charge is -2.72. The van der Waals surface area contributed by atoms with Crippen molar-refractivity contribution in [3.05, 3.63) is 82.9 Å². The van der Waals surface area contributed by atoms with Crippen LogP contribution < -0.4 is 10.6 Å². The van der Waals surface area contributed by atoms with Gasteiger partial charge >= 0.3 is 5.97 Å². The number of hydrogen-bond acceptors (Lipinski definition) is 4. The Labute approximate surface area is 334 Å². The SMILES string of the molecule is C=C(C)[C@@H]1CCC2(C(=O)NCc3cccc(C(=O)NC4(Cc5ccc(C(=O)O)cc5)CC4)c3)CC[C@]3(C)C(CCC4C5(C)CCC(O)C(C)(C)C5CCC43C)C12. The molecule has 8 rings (SSSR count). The average Bonchev–Trinajstić information content (AvgIpc) is 3.78. The summed E-state index contributed by atoms with van der Waals surface area (Å²) in [5.41, 5.74) is 3.74. The highest BCUT2D eigenvalue weighted by Gasteiger charge is 2.71. The Hall–Kier alpha value is -3.45. The Balaban J connectivity index is 0.977. The van der Waals surface area contributed by atoms with Gasteiger partial charge in [-0.2, -0.15) is 0 Å². The lowest BCUT2D eigenvalue weighted by Crippen LogP contribution is -2.67. The summed E-state index contributed by atoms with van der Waals surface area (Å²) in [5, 5.41) is 27.1. The molecular formula is C49H66N2O5. The number of carbonyl (C=O) groups excluding carboxylic acids is 2. The van der Waals surface area contributed by atoms with Crippen molar-refractivity contribution in [2.45, 2.75) is 143 Å². The molecule has 6 saturated carbocycles. The number of aliphatic hydroxyl groups excluding tert-OH is 1.